The molecule has 212 valence electrons. The highest BCUT2D eigenvalue weighted by Crippen LogP contribution is 2.63. The van der Waals surface area contributed by atoms with Crippen LogP contribution in [0.1, 0.15) is 65.5 Å². The number of pyridine rings is 1. The first-order valence-electron chi connectivity index (χ1n) is 13.5. The average molecular weight is 583 g/mol. The van der Waals surface area contributed by atoms with Crippen LogP contribution >= 0.6 is 22.9 Å². The Bertz CT molecular complexity index is 1400. The lowest BCUT2D eigenvalue weighted by molar-refractivity contribution is -0.147. The maximum atomic E-state index is 13.7. The van der Waals surface area contributed by atoms with Crippen molar-refractivity contribution in [2.45, 2.75) is 58.1 Å². The standard InChI is InChI=1S/C30H35ClN4O4S/c1-29-11-9-23(37)30(2,17-36)22(29)15-21-26(20(29)14-25(38)35(3)16-18-7-5-4-6-8-18)33-28(40-21)34-27(39)19-10-12-32-24(31)13-19/h4-8,10,12-13,20,22-23,36-37H,9,11,14-17H2,1-3H3,(H,33,34,39). The Labute approximate surface area is 243 Å². The smallest absolute Gasteiger partial charge is 0.257 e. The molecule has 5 unspecified atom stereocenters. The molecule has 3 aromatic rings. The molecule has 0 aliphatic heterocycles. The molecule has 0 bridgehead atoms. The molecule has 8 nitrogen and oxygen atoms in total. The number of rotatable bonds is 7. The lowest BCUT2D eigenvalue weighted by Crippen LogP contribution is -2.57. The van der Waals surface area contributed by atoms with Gasteiger partial charge in [0.1, 0.15) is 5.15 Å². The fourth-order valence-electron chi connectivity index (χ4n) is 6.69. The molecule has 0 radical (unpaired) electrons. The number of benzene rings is 1. The van der Waals surface area contributed by atoms with Crippen molar-refractivity contribution in [3.8, 4) is 0 Å². The van der Waals surface area contributed by atoms with Gasteiger partial charge in [-0.05, 0) is 48.3 Å². The van der Waals surface area contributed by atoms with Gasteiger partial charge in [-0.25, -0.2) is 9.97 Å². The van der Waals surface area contributed by atoms with E-state index in [-0.39, 0.29) is 47.2 Å². The predicted octanol–water partition coefficient (Wildman–Crippen LogP) is 4.91. The number of carbonyl (C=O) groups is 2. The maximum Gasteiger partial charge on any atom is 0.257 e. The lowest BCUT2D eigenvalue weighted by Gasteiger charge is -2.58. The van der Waals surface area contributed by atoms with Gasteiger partial charge in [0.2, 0.25) is 5.91 Å². The van der Waals surface area contributed by atoms with E-state index < -0.39 is 11.5 Å². The molecule has 5 rings (SSSR count). The summed E-state index contributed by atoms with van der Waals surface area (Å²) in [5, 5.41) is 25.1. The zero-order valence-corrected chi connectivity index (χ0v) is 24.5. The summed E-state index contributed by atoms with van der Waals surface area (Å²) in [6.07, 6.45) is 2.95. The van der Waals surface area contributed by atoms with Crippen molar-refractivity contribution in [3.05, 3.63) is 75.5 Å². The first-order valence-corrected chi connectivity index (χ1v) is 14.7. The molecule has 2 aliphatic carbocycles. The number of amides is 2. The van der Waals surface area contributed by atoms with Crippen molar-refractivity contribution in [2.75, 3.05) is 19.0 Å². The SMILES string of the molecule is CN(Cc1ccccc1)C(=O)CC1c2nc(NC(=O)c3ccnc(Cl)c3)sc2CC2C(C)(CO)C(O)CCC12C. The molecule has 2 amide bonds. The fourth-order valence-corrected chi connectivity index (χ4v) is 7.93. The third-order valence-electron chi connectivity index (χ3n) is 9.17. The largest absolute Gasteiger partial charge is 0.396 e. The van der Waals surface area contributed by atoms with E-state index in [9.17, 15) is 19.8 Å². The Morgan fingerprint density at radius 2 is 1.98 bits per heavy atom. The predicted molar refractivity (Wildman–Crippen MR) is 155 cm³/mol. The number of fused-ring (bicyclic) bond motifs is 2. The second-order valence-electron chi connectivity index (χ2n) is 11.6. The summed E-state index contributed by atoms with van der Waals surface area (Å²) in [6.45, 7) is 4.47. The minimum atomic E-state index is -0.719. The number of hydrogen-bond donors (Lipinski definition) is 3. The van der Waals surface area contributed by atoms with Gasteiger partial charge in [0.15, 0.2) is 5.13 Å². The number of carbonyl (C=O) groups excluding carboxylic acids is 2. The van der Waals surface area contributed by atoms with E-state index in [0.717, 1.165) is 16.1 Å². The summed E-state index contributed by atoms with van der Waals surface area (Å²) in [5.74, 6) is -0.641. The second kappa shape index (κ2) is 11.2. The third kappa shape index (κ3) is 5.28. The first kappa shape index (κ1) is 28.7. The van der Waals surface area contributed by atoms with Crippen molar-refractivity contribution in [3.63, 3.8) is 0 Å². The third-order valence-corrected chi connectivity index (χ3v) is 10.4. The Morgan fingerprint density at radius 3 is 2.67 bits per heavy atom. The van der Waals surface area contributed by atoms with E-state index in [0.29, 0.717) is 36.5 Å². The van der Waals surface area contributed by atoms with Crippen molar-refractivity contribution >= 4 is 39.9 Å². The van der Waals surface area contributed by atoms with Crippen molar-refractivity contribution < 1.29 is 19.8 Å². The van der Waals surface area contributed by atoms with E-state index in [1.807, 2.05) is 44.3 Å². The van der Waals surface area contributed by atoms with Crippen molar-refractivity contribution in [1.29, 1.82) is 0 Å². The van der Waals surface area contributed by atoms with Crippen LogP contribution in [0, 0.1) is 16.7 Å². The normalized spacial score (nSPS) is 27.4. The van der Waals surface area contributed by atoms with Gasteiger partial charge >= 0.3 is 0 Å². The molecule has 2 aliphatic rings. The molecule has 1 fully saturated rings. The summed E-state index contributed by atoms with van der Waals surface area (Å²) < 4.78 is 0. The van der Waals surface area contributed by atoms with Gasteiger partial charge in [-0.2, -0.15) is 0 Å². The molecule has 3 N–H and O–H groups in total. The number of halogens is 1. The highest BCUT2D eigenvalue weighted by atomic mass is 35.5. The van der Waals surface area contributed by atoms with E-state index in [1.165, 1.54) is 23.6 Å². The zero-order valence-electron chi connectivity index (χ0n) is 22.9. The molecule has 0 spiro atoms. The molecule has 2 aromatic heterocycles. The lowest BCUT2D eigenvalue weighted by atomic mass is 9.47. The van der Waals surface area contributed by atoms with Crippen LogP contribution in [0.3, 0.4) is 0 Å². The van der Waals surface area contributed by atoms with Crippen LogP contribution in [-0.2, 0) is 17.8 Å². The van der Waals surface area contributed by atoms with Gasteiger partial charge in [-0.15, -0.1) is 11.3 Å². The summed E-state index contributed by atoms with van der Waals surface area (Å²) in [4.78, 5) is 38.1. The minimum Gasteiger partial charge on any atom is -0.396 e. The number of hydrogen-bond acceptors (Lipinski definition) is 7. The van der Waals surface area contributed by atoms with Crippen LogP contribution < -0.4 is 5.32 Å². The molecule has 2 heterocycles. The van der Waals surface area contributed by atoms with E-state index >= 15 is 0 Å². The molecule has 40 heavy (non-hydrogen) atoms. The van der Waals surface area contributed by atoms with E-state index in [1.54, 1.807) is 11.0 Å². The molecular weight excluding hydrogens is 548 g/mol. The molecule has 10 heteroatoms. The molecule has 1 aromatic carbocycles. The number of aromatic nitrogens is 2. The molecular formula is C30H35ClN4O4S. The van der Waals surface area contributed by atoms with E-state index in [4.69, 9.17) is 16.6 Å². The number of anilines is 1. The van der Waals surface area contributed by atoms with Crippen LogP contribution in [0.4, 0.5) is 5.13 Å². The number of aliphatic hydroxyl groups is 2. The summed E-state index contributed by atoms with van der Waals surface area (Å²) in [6, 6.07) is 13.0. The molecule has 1 saturated carbocycles. The van der Waals surface area contributed by atoms with E-state index in [2.05, 4.69) is 17.2 Å². The van der Waals surface area contributed by atoms with Gasteiger partial charge in [0, 0.05) is 48.0 Å². The topological polar surface area (TPSA) is 116 Å². The van der Waals surface area contributed by atoms with Gasteiger partial charge in [0.25, 0.3) is 5.91 Å². The summed E-state index contributed by atoms with van der Waals surface area (Å²) in [7, 11) is 1.81. The summed E-state index contributed by atoms with van der Waals surface area (Å²) in [5.41, 5.74) is 1.16. The molecule has 0 saturated heterocycles. The zero-order chi connectivity index (χ0) is 28.7. The Balaban J connectivity index is 1.48. The van der Waals surface area contributed by atoms with Crippen LogP contribution in [0.25, 0.3) is 0 Å². The Hall–Kier alpha value is -2.85. The number of thiazole rings is 1. The van der Waals surface area contributed by atoms with Gasteiger partial charge in [-0.3, -0.25) is 14.9 Å². The fraction of sp³-hybridized carbons (Fsp3) is 0.467. The van der Waals surface area contributed by atoms with Crippen LogP contribution in [0.15, 0.2) is 48.7 Å². The quantitative estimate of drug-likeness (QED) is 0.341. The monoisotopic (exact) mass is 582 g/mol. The number of nitrogens with one attached hydrogen (secondary N) is 1. The van der Waals surface area contributed by atoms with Crippen molar-refractivity contribution in [1.82, 2.24) is 14.9 Å². The van der Waals surface area contributed by atoms with Crippen molar-refractivity contribution in [2.24, 2.45) is 16.7 Å². The second-order valence-corrected chi connectivity index (χ2v) is 13.1. The number of aliphatic hydroxyl groups excluding tert-OH is 2. The number of nitrogens with zero attached hydrogens (tertiary/aromatic N) is 3. The maximum absolute atomic E-state index is 13.7. The average Bonchev–Trinajstić information content (AvgIpc) is 3.34. The first-order chi connectivity index (χ1) is 19.0. The highest BCUT2D eigenvalue weighted by molar-refractivity contribution is 7.15. The Morgan fingerprint density at radius 1 is 1.23 bits per heavy atom. The highest BCUT2D eigenvalue weighted by Gasteiger charge is 2.59. The van der Waals surface area contributed by atoms with Gasteiger partial charge < -0.3 is 15.1 Å². The van der Waals surface area contributed by atoms with Crippen LogP contribution in [0.2, 0.25) is 5.15 Å². The van der Waals surface area contributed by atoms with Crippen LogP contribution in [-0.4, -0.2) is 56.7 Å². The molecule has 5 atom stereocenters. The minimum absolute atomic E-state index is 0.00325. The van der Waals surface area contributed by atoms with Gasteiger partial charge in [0.05, 0.1) is 18.4 Å². The Kier molecular flexibility index (Phi) is 8.03. The van der Waals surface area contributed by atoms with Crippen LogP contribution in [0.5, 0.6) is 0 Å². The van der Waals surface area contributed by atoms with Gasteiger partial charge in [-0.1, -0.05) is 55.8 Å². The summed E-state index contributed by atoms with van der Waals surface area (Å²) >= 11 is 7.37.